The first-order chi connectivity index (χ1) is 11.1. The van der Waals surface area contributed by atoms with Gasteiger partial charge in [0.15, 0.2) is 5.78 Å². The first kappa shape index (κ1) is 14.9. The molecule has 114 valence electrons. The number of pyridine rings is 1. The van der Waals surface area contributed by atoms with Crippen molar-refractivity contribution >= 4 is 22.6 Å². The highest BCUT2D eigenvalue weighted by molar-refractivity contribution is 6.05. The number of para-hydroxylation sites is 1. The van der Waals surface area contributed by atoms with E-state index >= 15 is 0 Å². The number of benzene rings is 2. The van der Waals surface area contributed by atoms with Crippen LogP contribution in [0.3, 0.4) is 0 Å². The number of fused-ring (bicyclic) bond motifs is 1. The summed E-state index contributed by atoms with van der Waals surface area (Å²) in [6.45, 7) is 1.94. The quantitative estimate of drug-likeness (QED) is 0.752. The van der Waals surface area contributed by atoms with E-state index in [9.17, 15) is 9.59 Å². The molecule has 3 aromatic rings. The zero-order valence-corrected chi connectivity index (χ0v) is 12.7. The van der Waals surface area contributed by atoms with Crippen molar-refractivity contribution < 1.29 is 9.59 Å². The number of hydrogen-bond acceptors (Lipinski definition) is 3. The van der Waals surface area contributed by atoms with Crippen molar-refractivity contribution in [3.05, 3.63) is 77.5 Å². The van der Waals surface area contributed by atoms with Crippen LogP contribution >= 0.6 is 0 Å². The van der Waals surface area contributed by atoms with Gasteiger partial charge in [-0.25, -0.2) is 0 Å². The minimum atomic E-state index is -0.162. The number of amides is 1. The largest absolute Gasteiger partial charge is 0.348 e. The fourth-order valence-corrected chi connectivity index (χ4v) is 2.42. The van der Waals surface area contributed by atoms with E-state index < -0.39 is 0 Å². The van der Waals surface area contributed by atoms with Gasteiger partial charge in [0, 0.05) is 23.7 Å². The summed E-state index contributed by atoms with van der Waals surface area (Å²) >= 11 is 0. The summed E-state index contributed by atoms with van der Waals surface area (Å²) in [5.74, 6) is -0.132. The normalized spacial score (nSPS) is 10.5. The summed E-state index contributed by atoms with van der Waals surface area (Å²) in [4.78, 5) is 27.9. The van der Waals surface area contributed by atoms with Gasteiger partial charge in [-0.15, -0.1) is 0 Å². The molecule has 0 fully saturated rings. The first-order valence-electron chi connectivity index (χ1n) is 7.37. The van der Waals surface area contributed by atoms with Gasteiger partial charge in [0.05, 0.1) is 11.1 Å². The molecule has 0 atom stereocenters. The molecule has 0 saturated carbocycles. The van der Waals surface area contributed by atoms with Crippen LogP contribution in [0.1, 0.15) is 33.2 Å². The third kappa shape index (κ3) is 3.26. The van der Waals surface area contributed by atoms with Gasteiger partial charge in [0.1, 0.15) is 0 Å². The number of nitrogens with zero attached hydrogens (tertiary/aromatic N) is 1. The molecule has 1 aromatic heterocycles. The van der Waals surface area contributed by atoms with Gasteiger partial charge in [0.2, 0.25) is 0 Å². The fourth-order valence-electron chi connectivity index (χ4n) is 2.42. The summed E-state index contributed by atoms with van der Waals surface area (Å²) in [5.41, 5.74) is 2.86. The maximum Gasteiger partial charge on any atom is 0.253 e. The standard InChI is InChI=1S/C19H16N2O2/c1-13(22)15-9-7-14(8-10-15)12-21-19(23)17-6-2-4-16-5-3-11-20-18(16)17/h2-11H,12H2,1H3,(H,21,23). The molecule has 0 radical (unpaired) electrons. The van der Waals surface area contributed by atoms with Crippen molar-refractivity contribution in [1.82, 2.24) is 10.3 Å². The van der Waals surface area contributed by atoms with E-state index in [4.69, 9.17) is 0 Å². The van der Waals surface area contributed by atoms with Crippen molar-refractivity contribution in [3.8, 4) is 0 Å². The Bertz CT molecular complexity index is 865. The molecule has 0 unspecified atom stereocenters. The zero-order valence-electron chi connectivity index (χ0n) is 12.7. The zero-order chi connectivity index (χ0) is 16.2. The molecule has 1 heterocycles. The van der Waals surface area contributed by atoms with Crippen molar-refractivity contribution in [2.75, 3.05) is 0 Å². The molecule has 4 nitrogen and oxygen atoms in total. The lowest BCUT2D eigenvalue weighted by Gasteiger charge is -2.08. The highest BCUT2D eigenvalue weighted by atomic mass is 16.1. The molecular formula is C19H16N2O2. The first-order valence-corrected chi connectivity index (χ1v) is 7.37. The average molecular weight is 304 g/mol. The van der Waals surface area contributed by atoms with Crippen molar-refractivity contribution in [2.45, 2.75) is 13.5 Å². The highest BCUT2D eigenvalue weighted by Crippen LogP contribution is 2.16. The lowest BCUT2D eigenvalue weighted by Crippen LogP contribution is -2.23. The van der Waals surface area contributed by atoms with E-state index in [1.807, 2.05) is 36.4 Å². The van der Waals surface area contributed by atoms with Crippen LogP contribution in [0.2, 0.25) is 0 Å². The molecule has 2 aromatic carbocycles. The van der Waals surface area contributed by atoms with Crippen molar-refractivity contribution in [3.63, 3.8) is 0 Å². The number of hydrogen-bond donors (Lipinski definition) is 1. The Hall–Kier alpha value is -3.01. The van der Waals surface area contributed by atoms with E-state index in [1.165, 1.54) is 6.92 Å². The van der Waals surface area contributed by atoms with Gasteiger partial charge in [-0.05, 0) is 24.6 Å². The molecule has 0 aliphatic carbocycles. The van der Waals surface area contributed by atoms with E-state index in [2.05, 4.69) is 10.3 Å². The summed E-state index contributed by atoms with van der Waals surface area (Å²) < 4.78 is 0. The Balaban J connectivity index is 1.75. The maximum atomic E-state index is 12.4. The molecule has 0 saturated heterocycles. The Morgan fingerprint density at radius 2 is 1.74 bits per heavy atom. The monoisotopic (exact) mass is 304 g/mol. The Labute approximate surface area is 134 Å². The lowest BCUT2D eigenvalue weighted by atomic mass is 10.1. The van der Waals surface area contributed by atoms with Gasteiger partial charge in [0.25, 0.3) is 5.91 Å². The summed E-state index contributed by atoms with van der Waals surface area (Å²) in [5, 5.41) is 3.83. The van der Waals surface area contributed by atoms with E-state index in [-0.39, 0.29) is 11.7 Å². The summed E-state index contributed by atoms with van der Waals surface area (Å²) in [7, 11) is 0. The predicted molar refractivity (Wildman–Crippen MR) is 89.4 cm³/mol. The van der Waals surface area contributed by atoms with Gasteiger partial charge < -0.3 is 5.32 Å². The summed E-state index contributed by atoms with van der Waals surface area (Å²) in [6, 6.07) is 16.5. The van der Waals surface area contributed by atoms with Crippen LogP contribution in [0.25, 0.3) is 10.9 Å². The predicted octanol–water partition coefficient (Wildman–Crippen LogP) is 3.37. The molecule has 0 aliphatic heterocycles. The van der Waals surface area contributed by atoms with Gasteiger partial charge in [-0.1, -0.05) is 42.5 Å². The fraction of sp³-hybridized carbons (Fsp3) is 0.105. The third-order valence-corrected chi connectivity index (χ3v) is 3.69. The third-order valence-electron chi connectivity index (χ3n) is 3.69. The minimum absolute atomic E-state index is 0.0300. The van der Waals surface area contributed by atoms with Crippen LogP contribution in [-0.2, 0) is 6.54 Å². The molecule has 4 heteroatoms. The molecule has 23 heavy (non-hydrogen) atoms. The van der Waals surface area contributed by atoms with Crippen LogP contribution < -0.4 is 5.32 Å². The number of carbonyl (C=O) groups excluding carboxylic acids is 2. The second-order valence-corrected chi connectivity index (χ2v) is 5.32. The van der Waals surface area contributed by atoms with Gasteiger partial charge in [-0.2, -0.15) is 0 Å². The number of nitrogens with one attached hydrogen (secondary N) is 1. The van der Waals surface area contributed by atoms with E-state index in [0.29, 0.717) is 23.2 Å². The van der Waals surface area contributed by atoms with E-state index in [0.717, 1.165) is 10.9 Å². The molecular weight excluding hydrogens is 288 g/mol. The SMILES string of the molecule is CC(=O)c1ccc(CNC(=O)c2cccc3cccnc23)cc1. The number of Topliss-reactive ketones (excluding diaryl/α,β-unsaturated/α-hetero) is 1. The second-order valence-electron chi connectivity index (χ2n) is 5.32. The number of aromatic nitrogens is 1. The molecule has 3 rings (SSSR count). The minimum Gasteiger partial charge on any atom is -0.348 e. The van der Waals surface area contributed by atoms with Crippen molar-refractivity contribution in [1.29, 1.82) is 0 Å². The molecule has 0 spiro atoms. The van der Waals surface area contributed by atoms with Crippen LogP contribution in [0, 0.1) is 0 Å². The maximum absolute atomic E-state index is 12.4. The van der Waals surface area contributed by atoms with Gasteiger partial charge in [-0.3, -0.25) is 14.6 Å². The van der Waals surface area contributed by atoms with Crippen LogP contribution in [-0.4, -0.2) is 16.7 Å². The Kier molecular flexibility index (Phi) is 4.15. The van der Waals surface area contributed by atoms with Gasteiger partial charge >= 0.3 is 0 Å². The second kappa shape index (κ2) is 6.40. The topological polar surface area (TPSA) is 59.1 Å². The van der Waals surface area contributed by atoms with Crippen molar-refractivity contribution in [2.24, 2.45) is 0 Å². The van der Waals surface area contributed by atoms with Crippen LogP contribution in [0.4, 0.5) is 0 Å². The lowest BCUT2D eigenvalue weighted by molar-refractivity contribution is 0.0951. The van der Waals surface area contributed by atoms with Crippen LogP contribution in [0.5, 0.6) is 0 Å². The number of ketones is 1. The summed E-state index contributed by atoms with van der Waals surface area (Å²) in [6.07, 6.45) is 1.68. The van der Waals surface area contributed by atoms with Crippen LogP contribution in [0.15, 0.2) is 60.8 Å². The molecule has 0 aliphatic rings. The molecule has 1 N–H and O–H groups in total. The number of rotatable bonds is 4. The Morgan fingerprint density at radius 1 is 1.00 bits per heavy atom. The number of carbonyl (C=O) groups is 2. The Morgan fingerprint density at radius 3 is 2.48 bits per heavy atom. The molecule has 0 bridgehead atoms. The smallest absolute Gasteiger partial charge is 0.253 e. The highest BCUT2D eigenvalue weighted by Gasteiger charge is 2.10. The molecule has 1 amide bonds. The average Bonchev–Trinajstić information content (AvgIpc) is 2.59. The van der Waals surface area contributed by atoms with E-state index in [1.54, 1.807) is 24.4 Å².